The molecule has 1 aliphatic heterocycles. The maximum absolute atomic E-state index is 12.4. The van der Waals surface area contributed by atoms with Gasteiger partial charge in [0.25, 0.3) is 5.91 Å². The van der Waals surface area contributed by atoms with E-state index in [2.05, 4.69) is 22.3 Å². The summed E-state index contributed by atoms with van der Waals surface area (Å²) < 4.78 is 5.39. The third kappa shape index (κ3) is 4.74. The summed E-state index contributed by atoms with van der Waals surface area (Å²) >= 11 is 6.15. The molecule has 2 aromatic rings. The van der Waals surface area contributed by atoms with E-state index in [-0.39, 0.29) is 5.91 Å². The molecule has 0 aromatic heterocycles. The highest BCUT2D eigenvalue weighted by Gasteiger charge is 2.12. The minimum Gasteiger partial charge on any atom is -0.492 e. The van der Waals surface area contributed by atoms with Crippen LogP contribution in [0.1, 0.15) is 35.7 Å². The Bertz CT molecular complexity index is 725. The molecule has 1 amide bonds. The molecule has 25 heavy (non-hydrogen) atoms. The first-order valence-corrected chi connectivity index (χ1v) is 9.08. The van der Waals surface area contributed by atoms with Crippen molar-refractivity contribution in [2.75, 3.05) is 25.0 Å². The Labute approximate surface area is 153 Å². The minimum atomic E-state index is -0.183. The molecule has 1 saturated heterocycles. The van der Waals surface area contributed by atoms with Crippen molar-refractivity contribution in [3.8, 4) is 5.75 Å². The molecule has 1 aliphatic rings. The predicted molar refractivity (Wildman–Crippen MR) is 102 cm³/mol. The molecule has 3 rings (SSSR count). The van der Waals surface area contributed by atoms with Crippen LogP contribution in [-0.2, 0) is 6.54 Å². The second-order valence-corrected chi connectivity index (χ2v) is 6.62. The summed E-state index contributed by atoms with van der Waals surface area (Å²) in [7, 11) is 0. The topological polar surface area (TPSA) is 41.6 Å². The SMILES string of the molecule is CCOc1ccc(C(=O)Nc2ccc(CN3CCCC3)cc2)cc1Cl. The van der Waals surface area contributed by atoms with Crippen molar-refractivity contribution < 1.29 is 9.53 Å². The number of anilines is 1. The first-order valence-electron chi connectivity index (χ1n) is 8.70. The van der Waals surface area contributed by atoms with Gasteiger partial charge in [-0.25, -0.2) is 0 Å². The second-order valence-electron chi connectivity index (χ2n) is 6.21. The van der Waals surface area contributed by atoms with Crippen LogP contribution in [0.4, 0.5) is 5.69 Å². The van der Waals surface area contributed by atoms with E-state index in [4.69, 9.17) is 16.3 Å². The molecule has 0 unspecified atom stereocenters. The van der Waals surface area contributed by atoms with Gasteiger partial charge >= 0.3 is 0 Å². The lowest BCUT2D eigenvalue weighted by molar-refractivity contribution is 0.102. The van der Waals surface area contributed by atoms with Gasteiger partial charge in [-0.15, -0.1) is 0 Å². The average molecular weight is 359 g/mol. The Hall–Kier alpha value is -2.04. The summed E-state index contributed by atoms with van der Waals surface area (Å²) in [6.45, 7) is 5.76. The molecule has 0 spiro atoms. The van der Waals surface area contributed by atoms with Crippen molar-refractivity contribution in [2.45, 2.75) is 26.3 Å². The number of amides is 1. The Balaban J connectivity index is 1.61. The van der Waals surface area contributed by atoms with Crippen molar-refractivity contribution in [3.63, 3.8) is 0 Å². The molecule has 2 aromatic carbocycles. The fourth-order valence-electron chi connectivity index (χ4n) is 3.01. The van der Waals surface area contributed by atoms with Crippen molar-refractivity contribution in [3.05, 3.63) is 58.6 Å². The number of nitrogens with one attached hydrogen (secondary N) is 1. The molecule has 0 aliphatic carbocycles. The second kappa shape index (κ2) is 8.37. The summed E-state index contributed by atoms with van der Waals surface area (Å²) in [6.07, 6.45) is 2.58. The van der Waals surface area contributed by atoms with Crippen LogP contribution in [0.5, 0.6) is 5.75 Å². The number of carbonyl (C=O) groups is 1. The van der Waals surface area contributed by atoms with Gasteiger partial charge in [0.2, 0.25) is 0 Å². The molecular weight excluding hydrogens is 336 g/mol. The summed E-state index contributed by atoms with van der Waals surface area (Å²) in [5.41, 5.74) is 2.55. The van der Waals surface area contributed by atoms with Crippen LogP contribution in [0.25, 0.3) is 0 Å². The summed E-state index contributed by atoms with van der Waals surface area (Å²) in [5.74, 6) is 0.407. The van der Waals surface area contributed by atoms with E-state index in [1.165, 1.54) is 31.5 Å². The Kier molecular flexibility index (Phi) is 5.95. The van der Waals surface area contributed by atoms with Crippen molar-refractivity contribution >= 4 is 23.2 Å². The summed E-state index contributed by atoms with van der Waals surface area (Å²) in [6, 6.07) is 13.1. The number of ether oxygens (including phenoxy) is 1. The highest BCUT2D eigenvalue weighted by molar-refractivity contribution is 6.32. The van der Waals surface area contributed by atoms with Gasteiger partial charge in [0, 0.05) is 17.8 Å². The smallest absolute Gasteiger partial charge is 0.255 e. The highest BCUT2D eigenvalue weighted by atomic mass is 35.5. The normalized spacial score (nSPS) is 14.5. The van der Waals surface area contributed by atoms with E-state index in [1.807, 2.05) is 19.1 Å². The van der Waals surface area contributed by atoms with Gasteiger partial charge in [0.15, 0.2) is 0 Å². The minimum absolute atomic E-state index is 0.183. The van der Waals surface area contributed by atoms with Crippen molar-refractivity contribution in [1.29, 1.82) is 0 Å². The number of nitrogens with zero attached hydrogens (tertiary/aromatic N) is 1. The number of halogens is 1. The lowest BCUT2D eigenvalue weighted by Gasteiger charge is -2.15. The quantitative estimate of drug-likeness (QED) is 0.821. The third-order valence-corrected chi connectivity index (χ3v) is 4.61. The van der Waals surface area contributed by atoms with Crippen molar-refractivity contribution in [1.82, 2.24) is 4.90 Å². The highest BCUT2D eigenvalue weighted by Crippen LogP contribution is 2.26. The fourth-order valence-corrected chi connectivity index (χ4v) is 3.25. The van der Waals surface area contributed by atoms with Crippen molar-refractivity contribution in [2.24, 2.45) is 0 Å². The molecule has 132 valence electrons. The zero-order valence-electron chi connectivity index (χ0n) is 14.4. The molecule has 0 bridgehead atoms. The van der Waals surface area contributed by atoms with Crippen LogP contribution in [0, 0.1) is 0 Å². The monoisotopic (exact) mass is 358 g/mol. The molecule has 4 nitrogen and oxygen atoms in total. The molecule has 0 saturated carbocycles. The molecular formula is C20H23ClN2O2. The maximum atomic E-state index is 12.4. The summed E-state index contributed by atoms with van der Waals surface area (Å²) in [5, 5.41) is 3.35. The van der Waals surface area contributed by atoms with Crippen LogP contribution in [0.15, 0.2) is 42.5 Å². The van der Waals surface area contributed by atoms with E-state index in [0.717, 1.165) is 12.2 Å². The largest absolute Gasteiger partial charge is 0.492 e. The maximum Gasteiger partial charge on any atom is 0.255 e. The third-order valence-electron chi connectivity index (χ3n) is 4.31. The van der Waals surface area contributed by atoms with E-state index in [0.29, 0.717) is 22.9 Å². The summed E-state index contributed by atoms with van der Waals surface area (Å²) in [4.78, 5) is 14.8. The van der Waals surface area contributed by atoms with Crippen LogP contribution in [0.2, 0.25) is 5.02 Å². The molecule has 0 radical (unpaired) electrons. The van der Waals surface area contributed by atoms with Crippen LogP contribution in [0.3, 0.4) is 0 Å². The number of carbonyl (C=O) groups excluding carboxylic acids is 1. The van der Waals surface area contributed by atoms with Gasteiger partial charge in [-0.05, 0) is 68.8 Å². The predicted octanol–water partition coefficient (Wildman–Crippen LogP) is 4.59. The Morgan fingerprint density at radius 2 is 1.88 bits per heavy atom. The zero-order chi connectivity index (χ0) is 17.6. The van der Waals surface area contributed by atoms with E-state index >= 15 is 0 Å². The number of hydrogen-bond donors (Lipinski definition) is 1. The van der Waals surface area contributed by atoms with Gasteiger partial charge in [-0.1, -0.05) is 23.7 Å². The molecule has 0 atom stereocenters. The standard InChI is InChI=1S/C20H23ClN2O2/c1-2-25-19-10-7-16(13-18(19)21)20(24)22-17-8-5-15(6-9-17)14-23-11-3-4-12-23/h5-10,13H,2-4,11-12,14H2,1H3,(H,22,24). The fraction of sp³-hybridized carbons (Fsp3) is 0.350. The van der Waals surface area contributed by atoms with Crippen LogP contribution < -0.4 is 10.1 Å². The molecule has 1 N–H and O–H groups in total. The first kappa shape index (κ1) is 17.8. The van der Waals surface area contributed by atoms with Gasteiger partial charge < -0.3 is 10.1 Å². The van der Waals surface area contributed by atoms with Crippen LogP contribution >= 0.6 is 11.6 Å². The number of rotatable bonds is 6. The average Bonchev–Trinajstić information content (AvgIpc) is 3.11. The molecule has 1 fully saturated rings. The Morgan fingerprint density at radius 1 is 1.16 bits per heavy atom. The number of benzene rings is 2. The van der Waals surface area contributed by atoms with Gasteiger partial charge in [-0.2, -0.15) is 0 Å². The zero-order valence-corrected chi connectivity index (χ0v) is 15.2. The number of hydrogen-bond acceptors (Lipinski definition) is 3. The molecule has 1 heterocycles. The van der Waals surface area contributed by atoms with Gasteiger partial charge in [0.05, 0.1) is 11.6 Å². The van der Waals surface area contributed by atoms with Gasteiger partial charge in [0.1, 0.15) is 5.75 Å². The van der Waals surface area contributed by atoms with Crippen LogP contribution in [-0.4, -0.2) is 30.5 Å². The molecule has 5 heteroatoms. The van der Waals surface area contributed by atoms with E-state index in [1.54, 1.807) is 18.2 Å². The van der Waals surface area contributed by atoms with E-state index in [9.17, 15) is 4.79 Å². The lowest BCUT2D eigenvalue weighted by Crippen LogP contribution is -2.18. The first-order chi connectivity index (χ1) is 12.2. The number of likely N-dealkylation sites (tertiary alicyclic amines) is 1. The Morgan fingerprint density at radius 3 is 2.52 bits per heavy atom. The lowest BCUT2D eigenvalue weighted by atomic mass is 10.1. The van der Waals surface area contributed by atoms with E-state index < -0.39 is 0 Å². The van der Waals surface area contributed by atoms with Gasteiger partial charge in [-0.3, -0.25) is 9.69 Å².